The zero-order chi connectivity index (χ0) is 10.3. The average Bonchev–Trinajstić information content (AvgIpc) is 2.13. The molecule has 0 aliphatic heterocycles. The molecule has 1 heteroatoms. The van der Waals surface area contributed by atoms with Gasteiger partial charge in [0.05, 0.1) is 0 Å². The quantitative estimate of drug-likeness (QED) is 0.358. The Kier molecular flexibility index (Phi) is 5.86. The first-order valence-electron chi connectivity index (χ1n) is 4.62. The molecule has 0 radical (unpaired) electrons. The minimum atomic E-state index is 0.737. The van der Waals surface area contributed by atoms with Crippen molar-refractivity contribution in [2.45, 2.75) is 33.6 Å². The molecule has 0 saturated heterocycles. The highest BCUT2D eigenvalue weighted by molar-refractivity contribution is 5.80. The Hall–Kier alpha value is -1.11. The molecular formula is C12H18O. The van der Waals surface area contributed by atoms with Crippen LogP contribution in [0.5, 0.6) is 0 Å². The average molecular weight is 178 g/mol. The van der Waals surface area contributed by atoms with Gasteiger partial charge in [0, 0.05) is 5.57 Å². The number of hydrogen-bond acceptors (Lipinski definition) is 1. The Balaban J connectivity index is 4.80. The van der Waals surface area contributed by atoms with Gasteiger partial charge in [-0.25, -0.2) is 0 Å². The van der Waals surface area contributed by atoms with E-state index in [2.05, 4.69) is 20.4 Å². The molecule has 0 aromatic carbocycles. The van der Waals surface area contributed by atoms with E-state index in [-0.39, 0.29) is 0 Å². The molecule has 0 bridgehead atoms. The van der Waals surface area contributed by atoms with Gasteiger partial charge in [-0.1, -0.05) is 37.6 Å². The van der Waals surface area contributed by atoms with Gasteiger partial charge >= 0.3 is 0 Å². The largest absolute Gasteiger partial charge is 0.298 e. The monoisotopic (exact) mass is 178 g/mol. The fourth-order valence-electron chi connectivity index (χ4n) is 1.19. The first-order chi connectivity index (χ1) is 6.17. The normalized spacial score (nSPS) is 13.6. The number of allylic oxidation sites excluding steroid dienone is 5. The van der Waals surface area contributed by atoms with Crippen LogP contribution in [0.2, 0.25) is 0 Å². The number of aldehydes is 1. The predicted octanol–water partition coefficient (Wildman–Crippen LogP) is 3.43. The summed E-state index contributed by atoms with van der Waals surface area (Å²) in [5.41, 5.74) is 3.10. The zero-order valence-electron chi connectivity index (χ0n) is 8.76. The van der Waals surface area contributed by atoms with Gasteiger partial charge in [0.25, 0.3) is 0 Å². The molecule has 0 spiro atoms. The van der Waals surface area contributed by atoms with E-state index in [1.54, 1.807) is 12.2 Å². The molecule has 0 fully saturated rings. The summed E-state index contributed by atoms with van der Waals surface area (Å²) in [6.45, 7) is 9.76. The van der Waals surface area contributed by atoms with Crippen molar-refractivity contribution in [1.29, 1.82) is 0 Å². The highest BCUT2D eigenvalue weighted by atomic mass is 16.1. The summed E-state index contributed by atoms with van der Waals surface area (Å²) in [5.74, 6) is 0. The van der Waals surface area contributed by atoms with Crippen molar-refractivity contribution in [3.63, 3.8) is 0 Å². The van der Waals surface area contributed by atoms with E-state index >= 15 is 0 Å². The Morgan fingerprint density at radius 2 is 2.00 bits per heavy atom. The van der Waals surface area contributed by atoms with E-state index in [0.717, 1.165) is 30.3 Å². The van der Waals surface area contributed by atoms with Crippen LogP contribution < -0.4 is 0 Å². The minimum Gasteiger partial charge on any atom is -0.298 e. The molecular weight excluding hydrogens is 160 g/mol. The van der Waals surface area contributed by atoms with E-state index in [4.69, 9.17) is 0 Å². The maximum absolute atomic E-state index is 10.7. The van der Waals surface area contributed by atoms with Crippen molar-refractivity contribution in [1.82, 2.24) is 0 Å². The molecule has 0 aliphatic carbocycles. The molecule has 0 heterocycles. The predicted molar refractivity (Wildman–Crippen MR) is 57.6 cm³/mol. The van der Waals surface area contributed by atoms with Crippen molar-refractivity contribution in [2.24, 2.45) is 0 Å². The van der Waals surface area contributed by atoms with Crippen LogP contribution in [0.25, 0.3) is 0 Å². The van der Waals surface area contributed by atoms with E-state index in [1.165, 1.54) is 5.57 Å². The molecule has 72 valence electrons. The van der Waals surface area contributed by atoms with Crippen molar-refractivity contribution in [3.05, 3.63) is 35.5 Å². The Labute approximate surface area is 80.8 Å². The number of carbonyl (C=O) groups excluding carboxylic acids is 1. The molecule has 0 unspecified atom stereocenters. The van der Waals surface area contributed by atoms with Crippen molar-refractivity contribution in [3.8, 4) is 0 Å². The number of carbonyl (C=O) groups is 1. The van der Waals surface area contributed by atoms with Gasteiger partial charge in [0.1, 0.15) is 6.29 Å². The van der Waals surface area contributed by atoms with Gasteiger partial charge in [-0.05, 0) is 25.8 Å². The first kappa shape index (κ1) is 11.9. The molecule has 1 nitrogen and oxygen atoms in total. The lowest BCUT2D eigenvalue weighted by molar-refractivity contribution is -0.104. The molecule has 0 saturated carbocycles. The van der Waals surface area contributed by atoms with E-state index < -0.39 is 0 Å². The second-order valence-corrected chi connectivity index (χ2v) is 3.13. The Morgan fingerprint density at radius 1 is 1.38 bits per heavy atom. The topological polar surface area (TPSA) is 17.1 Å². The van der Waals surface area contributed by atoms with Crippen LogP contribution in [0.15, 0.2) is 35.5 Å². The standard InChI is InChI=1S/C12H18O/c1-5-7-10(3)11(4)12(9-13)8-6-2/h6,8-9H,2,5,7H2,1,3-4H3/b11-10+,12-8-. The summed E-state index contributed by atoms with van der Waals surface area (Å²) in [5, 5.41) is 0. The van der Waals surface area contributed by atoms with Crippen LogP contribution in [0.4, 0.5) is 0 Å². The third-order valence-electron chi connectivity index (χ3n) is 2.12. The molecule has 0 aromatic heterocycles. The van der Waals surface area contributed by atoms with Gasteiger partial charge in [-0.3, -0.25) is 4.79 Å². The van der Waals surface area contributed by atoms with Crippen molar-refractivity contribution >= 4 is 6.29 Å². The summed E-state index contributed by atoms with van der Waals surface area (Å²) in [6, 6.07) is 0. The lowest BCUT2D eigenvalue weighted by Gasteiger charge is -2.05. The smallest absolute Gasteiger partial charge is 0.150 e. The van der Waals surface area contributed by atoms with Crippen LogP contribution in [0.1, 0.15) is 33.6 Å². The molecule has 0 aliphatic rings. The fraction of sp³-hybridized carbons (Fsp3) is 0.417. The van der Waals surface area contributed by atoms with E-state index in [1.807, 2.05) is 6.92 Å². The highest BCUT2D eigenvalue weighted by Crippen LogP contribution is 2.16. The minimum absolute atomic E-state index is 0.737. The van der Waals surface area contributed by atoms with Gasteiger partial charge in [-0.15, -0.1) is 0 Å². The second-order valence-electron chi connectivity index (χ2n) is 3.13. The lowest BCUT2D eigenvalue weighted by atomic mass is 10.00. The van der Waals surface area contributed by atoms with Gasteiger partial charge in [0.2, 0.25) is 0 Å². The molecule has 0 atom stereocenters. The molecule has 0 rings (SSSR count). The van der Waals surface area contributed by atoms with Gasteiger partial charge < -0.3 is 0 Å². The third-order valence-corrected chi connectivity index (χ3v) is 2.12. The summed E-state index contributed by atoms with van der Waals surface area (Å²) in [7, 11) is 0. The summed E-state index contributed by atoms with van der Waals surface area (Å²) in [4.78, 5) is 10.7. The van der Waals surface area contributed by atoms with Crippen molar-refractivity contribution < 1.29 is 4.79 Å². The third kappa shape index (κ3) is 3.88. The SMILES string of the molecule is C=C/C=C(C=O)\C(C)=C(/C)CCC. The van der Waals surface area contributed by atoms with Gasteiger partial charge in [-0.2, -0.15) is 0 Å². The summed E-state index contributed by atoms with van der Waals surface area (Å²) >= 11 is 0. The fourth-order valence-corrected chi connectivity index (χ4v) is 1.19. The number of hydrogen-bond donors (Lipinski definition) is 0. The van der Waals surface area contributed by atoms with Crippen molar-refractivity contribution in [2.75, 3.05) is 0 Å². The molecule has 0 amide bonds. The zero-order valence-corrected chi connectivity index (χ0v) is 8.76. The summed E-state index contributed by atoms with van der Waals surface area (Å²) < 4.78 is 0. The van der Waals surface area contributed by atoms with Crippen LogP contribution in [-0.2, 0) is 4.79 Å². The number of rotatable bonds is 5. The van der Waals surface area contributed by atoms with Crippen LogP contribution in [0.3, 0.4) is 0 Å². The maximum Gasteiger partial charge on any atom is 0.150 e. The van der Waals surface area contributed by atoms with Crippen LogP contribution in [0, 0.1) is 0 Å². The summed E-state index contributed by atoms with van der Waals surface area (Å²) in [6.07, 6.45) is 6.45. The molecule has 0 aromatic rings. The Bertz CT molecular complexity index is 244. The van der Waals surface area contributed by atoms with E-state index in [9.17, 15) is 4.79 Å². The van der Waals surface area contributed by atoms with E-state index in [0.29, 0.717) is 0 Å². The van der Waals surface area contributed by atoms with Gasteiger partial charge in [0.15, 0.2) is 0 Å². The Morgan fingerprint density at radius 3 is 2.38 bits per heavy atom. The van der Waals surface area contributed by atoms with Crippen LogP contribution in [-0.4, -0.2) is 6.29 Å². The maximum atomic E-state index is 10.7. The molecule has 13 heavy (non-hydrogen) atoms. The van der Waals surface area contributed by atoms with Crippen LogP contribution >= 0.6 is 0 Å². The lowest BCUT2D eigenvalue weighted by Crippen LogP contribution is -1.91. The highest BCUT2D eigenvalue weighted by Gasteiger charge is 2.00. The first-order valence-corrected chi connectivity index (χ1v) is 4.62. The second kappa shape index (κ2) is 6.41. The molecule has 0 N–H and O–H groups in total.